The Morgan fingerprint density at radius 1 is 0.921 bits per heavy atom. The van der Waals surface area contributed by atoms with Crippen molar-refractivity contribution in [2.24, 2.45) is 5.92 Å². The van der Waals surface area contributed by atoms with Gasteiger partial charge in [-0.05, 0) is 84.1 Å². The second-order valence-electron chi connectivity index (χ2n) is 10.4. The van der Waals surface area contributed by atoms with Gasteiger partial charge in [-0.2, -0.15) is 0 Å². The lowest BCUT2D eigenvalue weighted by Crippen LogP contribution is -2.34. The van der Waals surface area contributed by atoms with Crippen molar-refractivity contribution < 1.29 is 14.3 Å². The van der Waals surface area contributed by atoms with Gasteiger partial charge in [0.05, 0.1) is 12.2 Å². The van der Waals surface area contributed by atoms with Gasteiger partial charge in [0.2, 0.25) is 0 Å². The molecule has 200 valence electrons. The van der Waals surface area contributed by atoms with Crippen molar-refractivity contribution in [3.63, 3.8) is 0 Å². The van der Waals surface area contributed by atoms with Gasteiger partial charge in [-0.3, -0.25) is 14.9 Å². The van der Waals surface area contributed by atoms with Gasteiger partial charge in [0.25, 0.3) is 11.8 Å². The van der Waals surface area contributed by atoms with Gasteiger partial charge >= 0.3 is 0 Å². The van der Waals surface area contributed by atoms with Crippen LogP contribution in [0.4, 0.5) is 11.4 Å². The molecule has 0 spiro atoms. The Morgan fingerprint density at radius 2 is 1.58 bits per heavy atom. The average molecular weight is 597 g/mol. The van der Waals surface area contributed by atoms with Gasteiger partial charge in [0.1, 0.15) is 5.75 Å². The summed E-state index contributed by atoms with van der Waals surface area (Å²) in [5.41, 5.74) is 3.35. The van der Waals surface area contributed by atoms with Crippen molar-refractivity contribution in [3.05, 3.63) is 87.9 Å². The monoisotopic (exact) mass is 595 g/mol. The number of hydrogen-bond donors (Lipinski definition) is 3. The number of halogens is 1. The number of carbonyl (C=O) groups excluding carboxylic acids is 2. The smallest absolute Gasteiger partial charge is 0.261 e. The molecule has 0 bridgehead atoms. The average Bonchev–Trinajstić information content (AvgIpc) is 2.84. The van der Waals surface area contributed by atoms with Gasteiger partial charge in [-0.1, -0.05) is 68.7 Å². The third-order valence-electron chi connectivity index (χ3n) is 5.76. The van der Waals surface area contributed by atoms with Gasteiger partial charge in [-0.15, -0.1) is 0 Å². The van der Waals surface area contributed by atoms with Crippen LogP contribution in [0.15, 0.2) is 71.2 Å². The Hall–Kier alpha value is -3.23. The second kappa shape index (κ2) is 13.0. The SMILES string of the molecule is CC(C)CCOc1ccc(Br)cc1C(=O)NC(=S)Nc1cccc(NC(=O)c2ccc(C(C)(C)C)cc2)c1. The molecule has 6 nitrogen and oxygen atoms in total. The van der Waals surface area contributed by atoms with E-state index in [9.17, 15) is 9.59 Å². The van der Waals surface area contributed by atoms with Crippen molar-refractivity contribution in [2.75, 3.05) is 17.2 Å². The molecule has 0 aliphatic carbocycles. The fourth-order valence-electron chi connectivity index (χ4n) is 3.54. The summed E-state index contributed by atoms with van der Waals surface area (Å²) in [5, 5.41) is 8.75. The molecule has 0 aliphatic rings. The first-order valence-corrected chi connectivity index (χ1v) is 13.7. The van der Waals surface area contributed by atoms with Gasteiger partial charge in [-0.25, -0.2) is 0 Å². The van der Waals surface area contributed by atoms with E-state index in [4.69, 9.17) is 17.0 Å². The van der Waals surface area contributed by atoms with Crippen LogP contribution in [-0.4, -0.2) is 23.5 Å². The molecule has 0 fully saturated rings. The van der Waals surface area contributed by atoms with E-state index in [1.165, 1.54) is 0 Å². The first-order chi connectivity index (χ1) is 17.9. The Balaban J connectivity index is 1.62. The molecule has 3 aromatic rings. The zero-order valence-electron chi connectivity index (χ0n) is 22.4. The number of rotatable bonds is 8. The van der Waals surface area contributed by atoms with Crippen LogP contribution in [0.25, 0.3) is 0 Å². The Kier molecular flexibility index (Phi) is 10.1. The first kappa shape index (κ1) is 29.3. The summed E-state index contributed by atoms with van der Waals surface area (Å²) in [5.74, 6) is 0.396. The summed E-state index contributed by atoms with van der Waals surface area (Å²) in [6.45, 7) is 11.1. The molecule has 2 amide bonds. The lowest BCUT2D eigenvalue weighted by atomic mass is 9.87. The molecule has 0 heterocycles. The molecule has 38 heavy (non-hydrogen) atoms. The predicted molar refractivity (Wildman–Crippen MR) is 162 cm³/mol. The highest BCUT2D eigenvalue weighted by Crippen LogP contribution is 2.25. The fourth-order valence-corrected chi connectivity index (χ4v) is 4.11. The van der Waals surface area contributed by atoms with Crippen molar-refractivity contribution >= 4 is 56.4 Å². The van der Waals surface area contributed by atoms with Crippen molar-refractivity contribution in [1.29, 1.82) is 0 Å². The molecule has 0 unspecified atom stereocenters. The largest absolute Gasteiger partial charge is 0.493 e. The summed E-state index contributed by atoms with van der Waals surface area (Å²) in [7, 11) is 0. The Bertz CT molecular complexity index is 1300. The summed E-state index contributed by atoms with van der Waals surface area (Å²) in [6.07, 6.45) is 0.881. The summed E-state index contributed by atoms with van der Waals surface area (Å²) in [6, 6.07) is 20.0. The van der Waals surface area contributed by atoms with E-state index >= 15 is 0 Å². The lowest BCUT2D eigenvalue weighted by Gasteiger charge is -2.19. The van der Waals surface area contributed by atoms with Crippen LogP contribution in [0.5, 0.6) is 5.75 Å². The number of carbonyl (C=O) groups is 2. The van der Waals surface area contributed by atoms with Crippen LogP contribution < -0.4 is 20.7 Å². The Morgan fingerprint density at radius 3 is 2.21 bits per heavy atom. The van der Waals surface area contributed by atoms with E-state index in [1.807, 2.05) is 30.3 Å². The molecule has 3 N–H and O–H groups in total. The molecule has 0 aromatic heterocycles. The van der Waals surface area contributed by atoms with Crippen LogP contribution >= 0.6 is 28.1 Å². The van der Waals surface area contributed by atoms with E-state index in [0.29, 0.717) is 40.8 Å². The molecule has 8 heteroatoms. The molecule has 0 radical (unpaired) electrons. The predicted octanol–water partition coefficient (Wildman–Crippen LogP) is 7.55. The molecule has 0 saturated heterocycles. The van der Waals surface area contributed by atoms with Gasteiger partial charge < -0.3 is 15.4 Å². The second-order valence-corrected chi connectivity index (χ2v) is 11.8. The Labute approximate surface area is 238 Å². The normalized spacial score (nSPS) is 11.1. The molecule has 0 saturated carbocycles. The number of benzene rings is 3. The number of hydrogen-bond acceptors (Lipinski definition) is 4. The molecule has 3 rings (SSSR count). The first-order valence-electron chi connectivity index (χ1n) is 12.5. The number of nitrogens with one attached hydrogen (secondary N) is 3. The van der Waals surface area contributed by atoms with Crippen molar-refractivity contribution in [1.82, 2.24) is 5.32 Å². The molecule has 0 atom stereocenters. The number of amides is 2. The fraction of sp³-hybridized carbons (Fsp3) is 0.300. The summed E-state index contributed by atoms with van der Waals surface area (Å²) >= 11 is 8.79. The highest BCUT2D eigenvalue weighted by molar-refractivity contribution is 9.10. The minimum absolute atomic E-state index is 0.0161. The number of thiocarbonyl (C=S) groups is 1. The van der Waals surface area contributed by atoms with Gasteiger partial charge in [0.15, 0.2) is 5.11 Å². The molecule has 0 aliphatic heterocycles. The van der Waals surface area contributed by atoms with Crippen LogP contribution in [0.2, 0.25) is 0 Å². The van der Waals surface area contributed by atoms with E-state index in [2.05, 4.69) is 66.5 Å². The standard InChI is InChI=1S/C30H34BrN3O3S/c1-19(2)15-16-37-26-14-13-22(31)17-25(26)28(36)34-29(38)33-24-8-6-7-23(18-24)32-27(35)20-9-11-21(12-10-20)30(3,4)5/h6-14,17-19H,15-16H2,1-5H3,(H,32,35)(H2,33,34,36,38). The highest BCUT2D eigenvalue weighted by atomic mass is 79.9. The van der Waals surface area contributed by atoms with E-state index in [1.54, 1.807) is 36.4 Å². The van der Waals surface area contributed by atoms with Gasteiger partial charge in [0, 0.05) is 21.4 Å². The number of ether oxygens (including phenoxy) is 1. The van der Waals surface area contributed by atoms with Crippen molar-refractivity contribution in [3.8, 4) is 5.75 Å². The number of anilines is 2. The lowest BCUT2D eigenvalue weighted by molar-refractivity contribution is 0.0972. The minimum atomic E-state index is -0.383. The van der Waals surface area contributed by atoms with Crippen LogP contribution in [0.1, 0.15) is 67.3 Å². The molecular formula is C30H34BrN3O3S. The third kappa shape index (κ3) is 8.67. The zero-order chi connectivity index (χ0) is 27.9. The van der Waals surface area contributed by atoms with Crippen LogP contribution in [0.3, 0.4) is 0 Å². The quantitative estimate of drug-likeness (QED) is 0.234. The van der Waals surface area contributed by atoms with E-state index < -0.39 is 0 Å². The molecular weight excluding hydrogens is 562 g/mol. The minimum Gasteiger partial charge on any atom is -0.493 e. The zero-order valence-corrected chi connectivity index (χ0v) is 24.8. The maximum Gasteiger partial charge on any atom is 0.261 e. The molecule has 3 aromatic carbocycles. The maximum atomic E-state index is 13.0. The summed E-state index contributed by atoms with van der Waals surface area (Å²) < 4.78 is 6.61. The summed E-state index contributed by atoms with van der Waals surface area (Å²) in [4.78, 5) is 25.7. The highest BCUT2D eigenvalue weighted by Gasteiger charge is 2.16. The third-order valence-corrected chi connectivity index (χ3v) is 6.45. The maximum absolute atomic E-state index is 13.0. The van der Waals surface area contributed by atoms with E-state index in [-0.39, 0.29) is 22.3 Å². The van der Waals surface area contributed by atoms with Crippen molar-refractivity contribution in [2.45, 2.75) is 46.5 Å². The van der Waals surface area contributed by atoms with E-state index in [0.717, 1.165) is 16.5 Å². The van der Waals surface area contributed by atoms with Crippen LogP contribution in [-0.2, 0) is 5.41 Å². The van der Waals surface area contributed by atoms with Crippen LogP contribution in [0, 0.1) is 5.92 Å². The topological polar surface area (TPSA) is 79.5 Å².